The van der Waals surface area contributed by atoms with Crippen molar-refractivity contribution in [2.75, 3.05) is 44.7 Å². The van der Waals surface area contributed by atoms with Crippen LogP contribution in [0.1, 0.15) is 19.3 Å². The van der Waals surface area contributed by atoms with Crippen molar-refractivity contribution in [2.45, 2.75) is 25.3 Å². The van der Waals surface area contributed by atoms with Gasteiger partial charge >= 0.3 is 6.01 Å². The van der Waals surface area contributed by atoms with Crippen LogP contribution >= 0.6 is 11.6 Å². The Hall–Kier alpha value is -1.60. The molecule has 126 valence electrons. The lowest BCUT2D eigenvalue weighted by molar-refractivity contribution is -0.120. The predicted octanol–water partition coefficient (Wildman–Crippen LogP) is 0.929. The van der Waals surface area contributed by atoms with Gasteiger partial charge in [-0.2, -0.15) is 4.98 Å². The quantitative estimate of drug-likeness (QED) is 0.883. The normalized spacial score (nSPS) is 23.3. The van der Waals surface area contributed by atoms with E-state index in [-0.39, 0.29) is 5.91 Å². The van der Waals surface area contributed by atoms with Gasteiger partial charge in [0.15, 0.2) is 5.82 Å². The minimum Gasteiger partial charge on any atom is -0.467 e. The number of halogens is 1. The zero-order valence-corrected chi connectivity index (χ0v) is 14.1. The second-order valence-electron chi connectivity index (χ2n) is 5.88. The number of nitrogens with one attached hydrogen (secondary N) is 1. The summed E-state index contributed by atoms with van der Waals surface area (Å²) in [4.78, 5) is 24.5. The van der Waals surface area contributed by atoms with Crippen LogP contribution in [-0.4, -0.2) is 66.7 Å². The SMILES string of the molecule is COc1ncc(Cl)c(N2CCN([C@@H]3CCNC(=O)CC3)CC2)n1. The third kappa shape index (κ3) is 3.84. The molecule has 1 aromatic rings. The highest BCUT2D eigenvalue weighted by Gasteiger charge is 2.27. The van der Waals surface area contributed by atoms with Crippen LogP contribution in [-0.2, 0) is 4.79 Å². The van der Waals surface area contributed by atoms with Crippen molar-refractivity contribution in [1.29, 1.82) is 0 Å². The van der Waals surface area contributed by atoms with Crippen molar-refractivity contribution in [1.82, 2.24) is 20.2 Å². The van der Waals surface area contributed by atoms with Crippen molar-refractivity contribution in [3.05, 3.63) is 11.2 Å². The fourth-order valence-corrected chi connectivity index (χ4v) is 3.45. The van der Waals surface area contributed by atoms with Crippen LogP contribution in [0.5, 0.6) is 6.01 Å². The predicted molar refractivity (Wildman–Crippen MR) is 88.0 cm³/mol. The summed E-state index contributed by atoms with van der Waals surface area (Å²) < 4.78 is 5.08. The summed E-state index contributed by atoms with van der Waals surface area (Å²) in [6, 6.07) is 0.812. The molecule has 3 rings (SSSR count). The molecule has 2 fully saturated rings. The van der Waals surface area contributed by atoms with E-state index < -0.39 is 0 Å². The maximum atomic E-state index is 11.5. The molecule has 0 spiro atoms. The molecule has 1 amide bonds. The molecule has 23 heavy (non-hydrogen) atoms. The summed E-state index contributed by atoms with van der Waals surface area (Å²) in [5.41, 5.74) is 0. The van der Waals surface area contributed by atoms with Gasteiger partial charge in [-0.25, -0.2) is 4.98 Å². The highest BCUT2D eigenvalue weighted by Crippen LogP contribution is 2.26. The summed E-state index contributed by atoms with van der Waals surface area (Å²) in [6.45, 7) is 4.39. The molecule has 0 radical (unpaired) electrons. The Kier molecular flexibility index (Phi) is 5.17. The molecule has 1 atom stereocenters. The van der Waals surface area contributed by atoms with Gasteiger partial charge in [0.25, 0.3) is 0 Å². The molecule has 0 saturated carbocycles. The Morgan fingerprint density at radius 1 is 1.30 bits per heavy atom. The summed E-state index contributed by atoms with van der Waals surface area (Å²) in [7, 11) is 1.55. The fraction of sp³-hybridized carbons (Fsp3) is 0.667. The molecule has 3 heterocycles. The monoisotopic (exact) mass is 339 g/mol. The standard InChI is InChI=1S/C15H22ClN5O2/c1-23-15-18-10-12(16)14(19-15)21-8-6-20(7-9-21)11-2-3-13(22)17-5-4-11/h10-11H,2-9H2,1H3,(H,17,22)/t11-/m0/s1. The number of ether oxygens (including phenoxy) is 1. The number of piperazine rings is 1. The minimum absolute atomic E-state index is 0.172. The molecular weight excluding hydrogens is 318 g/mol. The van der Waals surface area contributed by atoms with Gasteiger partial charge in [0, 0.05) is 45.2 Å². The number of methoxy groups -OCH3 is 1. The summed E-state index contributed by atoms with van der Waals surface area (Å²) in [6.07, 6.45) is 4.17. The third-order valence-electron chi connectivity index (χ3n) is 4.52. The average molecular weight is 340 g/mol. The van der Waals surface area contributed by atoms with Gasteiger partial charge in [-0.3, -0.25) is 9.69 Å². The van der Waals surface area contributed by atoms with E-state index >= 15 is 0 Å². The molecule has 0 aromatic carbocycles. The Bertz CT molecular complexity index is 563. The molecule has 2 saturated heterocycles. The van der Waals surface area contributed by atoms with Crippen molar-refractivity contribution in [2.24, 2.45) is 0 Å². The number of carbonyl (C=O) groups excluding carboxylic acids is 1. The largest absolute Gasteiger partial charge is 0.467 e. The molecular formula is C15H22ClN5O2. The first kappa shape index (κ1) is 16.3. The molecule has 0 bridgehead atoms. The summed E-state index contributed by atoms with van der Waals surface area (Å²) in [5, 5.41) is 3.49. The van der Waals surface area contributed by atoms with Crippen LogP contribution < -0.4 is 15.0 Å². The number of anilines is 1. The van der Waals surface area contributed by atoms with Gasteiger partial charge in [0.2, 0.25) is 5.91 Å². The Balaban J connectivity index is 1.61. The second-order valence-corrected chi connectivity index (χ2v) is 6.29. The molecule has 0 unspecified atom stereocenters. The van der Waals surface area contributed by atoms with E-state index in [9.17, 15) is 4.79 Å². The Labute approximate surface area is 141 Å². The van der Waals surface area contributed by atoms with Crippen LogP contribution in [0.2, 0.25) is 5.02 Å². The van der Waals surface area contributed by atoms with Crippen LogP contribution in [0.25, 0.3) is 0 Å². The lowest BCUT2D eigenvalue weighted by Gasteiger charge is -2.39. The zero-order valence-electron chi connectivity index (χ0n) is 13.3. The summed E-state index contributed by atoms with van der Waals surface area (Å²) >= 11 is 6.23. The van der Waals surface area contributed by atoms with E-state index in [0.717, 1.165) is 51.4 Å². The molecule has 1 N–H and O–H groups in total. The van der Waals surface area contributed by atoms with E-state index in [0.29, 0.717) is 23.5 Å². The Morgan fingerprint density at radius 2 is 2.09 bits per heavy atom. The topological polar surface area (TPSA) is 70.6 Å². The van der Waals surface area contributed by atoms with E-state index in [4.69, 9.17) is 16.3 Å². The first-order chi connectivity index (χ1) is 11.2. The second kappa shape index (κ2) is 7.31. The number of aromatic nitrogens is 2. The lowest BCUT2D eigenvalue weighted by Crippen LogP contribution is -2.50. The maximum absolute atomic E-state index is 11.5. The number of carbonyl (C=O) groups is 1. The van der Waals surface area contributed by atoms with Crippen LogP contribution in [0.15, 0.2) is 6.20 Å². The highest BCUT2D eigenvalue weighted by atomic mass is 35.5. The van der Waals surface area contributed by atoms with Crippen LogP contribution in [0.3, 0.4) is 0 Å². The van der Waals surface area contributed by atoms with E-state index in [1.807, 2.05) is 0 Å². The smallest absolute Gasteiger partial charge is 0.318 e. The van der Waals surface area contributed by atoms with Gasteiger partial charge in [-0.1, -0.05) is 11.6 Å². The maximum Gasteiger partial charge on any atom is 0.318 e. The first-order valence-corrected chi connectivity index (χ1v) is 8.37. The van der Waals surface area contributed by atoms with Crippen LogP contribution in [0.4, 0.5) is 5.82 Å². The van der Waals surface area contributed by atoms with Crippen LogP contribution in [0, 0.1) is 0 Å². The average Bonchev–Trinajstić information content (AvgIpc) is 2.80. The Morgan fingerprint density at radius 3 is 2.83 bits per heavy atom. The number of hydrogen-bond donors (Lipinski definition) is 1. The zero-order chi connectivity index (χ0) is 16.2. The van der Waals surface area contributed by atoms with E-state index in [1.54, 1.807) is 13.3 Å². The summed E-state index contributed by atoms with van der Waals surface area (Å²) in [5.74, 6) is 0.905. The van der Waals surface area contributed by atoms with Crippen molar-refractivity contribution in [3.63, 3.8) is 0 Å². The number of rotatable bonds is 3. The molecule has 2 aliphatic heterocycles. The van der Waals surface area contributed by atoms with Gasteiger partial charge in [0.1, 0.15) is 5.02 Å². The molecule has 0 aliphatic carbocycles. The van der Waals surface area contributed by atoms with Gasteiger partial charge in [-0.05, 0) is 12.8 Å². The lowest BCUT2D eigenvalue weighted by atomic mass is 10.1. The van der Waals surface area contributed by atoms with Gasteiger partial charge in [0.05, 0.1) is 13.3 Å². The molecule has 7 nitrogen and oxygen atoms in total. The van der Waals surface area contributed by atoms with Crippen molar-refractivity contribution >= 4 is 23.3 Å². The first-order valence-electron chi connectivity index (χ1n) is 7.99. The van der Waals surface area contributed by atoms with E-state index in [2.05, 4.69) is 25.1 Å². The molecule has 8 heteroatoms. The fourth-order valence-electron chi connectivity index (χ4n) is 3.24. The highest BCUT2D eigenvalue weighted by molar-refractivity contribution is 6.32. The van der Waals surface area contributed by atoms with Gasteiger partial charge < -0.3 is 15.0 Å². The number of hydrogen-bond acceptors (Lipinski definition) is 6. The third-order valence-corrected chi connectivity index (χ3v) is 4.79. The van der Waals surface area contributed by atoms with Crippen molar-refractivity contribution < 1.29 is 9.53 Å². The van der Waals surface area contributed by atoms with Crippen molar-refractivity contribution in [3.8, 4) is 6.01 Å². The molecule has 2 aliphatic rings. The molecule has 1 aromatic heterocycles. The number of nitrogens with zero attached hydrogens (tertiary/aromatic N) is 4. The minimum atomic E-state index is 0.172. The van der Waals surface area contributed by atoms with Gasteiger partial charge in [-0.15, -0.1) is 0 Å². The van der Waals surface area contributed by atoms with E-state index in [1.165, 1.54) is 0 Å². The number of amides is 1.